The van der Waals surface area contributed by atoms with Crippen molar-refractivity contribution < 1.29 is 34.9 Å². The Morgan fingerprint density at radius 1 is 1.09 bits per heavy atom. The first-order valence-corrected chi connectivity index (χ1v) is 6.47. The highest BCUT2D eigenvalue weighted by Gasteiger charge is 2.30. The minimum Gasteiger partial charge on any atom is -0.628 e. The van der Waals surface area contributed by atoms with Crippen LogP contribution in [-0.4, -0.2) is 39.3 Å². The maximum absolute atomic E-state index is 11.4. The van der Waals surface area contributed by atoms with Gasteiger partial charge in [0, 0.05) is 18.1 Å². The predicted octanol–water partition coefficient (Wildman–Crippen LogP) is -0.768. The molecule has 0 saturated carbocycles. The smallest absolute Gasteiger partial charge is 0.325 e. The van der Waals surface area contributed by atoms with Gasteiger partial charge in [-0.15, -0.1) is 0 Å². The second-order valence-electron chi connectivity index (χ2n) is 4.64. The topological polar surface area (TPSA) is 174 Å². The van der Waals surface area contributed by atoms with E-state index in [-0.39, 0.29) is 12.0 Å². The van der Waals surface area contributed by atoms with E-state index in [9.17, 15) is 29.9 Å². The molecular formula is C13H15N2O8-. The van der Waals surface area contributed by atoms with Crippen molar-refractivity contribution in [1.29, 1.82) is 0 Å². The molecule has 10 nitrogen and oxygen atoms in total. The van der Waals surface area contributed by atoms with Crippen molar-refractivity contribution in [3.05, 3.63) is 40.2 Å². The highest BCUT2D eigenvalue weighted by molar-refractivity contribution is 5.80. The number of quaternary nitrogens is 1. The van der Waals surface area contributed by atoms with E-state index in [0.717, 1.165) is 6.07 Å². The van der Waals surface area contributed by atoms with E-state index >= 15 is 0 Å². The lowest BCUT2D eigenvalue weighted by Gasteiger charge is -2.29. The summed E-state index contributed by atoms with van der Waals surface area (Å²) >= 11 is 0. The Balaban J connectivity index is 3.09. The Morgan fingerprint density at radius 3 is 2.17 bits per heavy atom. The Morgan fingerprint density at radius 2 is 1.70 bits per heavy atom. The van der Waals surface area contributed by atoms with Crippen LogP contribution in [0.1, 0.15) is 24.4 Å². The average molecular weight is 327 g/mol. The third-order valence-electron chi connectivity index (χ3n) is 3.05. The van der Waals surface area contributed by atoms with Gasteiger partial charge in [-0.05, 0) is 6.42 Å². The van der Waals surface area contributed by atoms with Crippen LogP contribution in [0.4, 0.5) is 5.69 Å². The Kier molecular flexibility index (Phi) is 6.60. The zero-order valence-corrected chi connectivity index (χ0v) is 11.8. The van der Waals surface area contributed by atoms with E-state index in [1.165, 1.54) is 18.2 Å². The van der Waals surface area contributed by atoms with Crippen molar-refractivity contribution in [2.45, 2.75) is 24.9 Å². The molecule has 0 bridgehead atoms. The molecule has 0 fully saturated rings. The van der Waals surface area contributed by atoms with E-state index in [2.05, 4.69) is 5.32 Å². The van der Waals surface area contributed by atoms with Crippen LogP contribution in [-0.2, 0) is 14.4 Å². The minimum absolute atomic E-state index is 0.179. The molecule has 1 rings (SSSR count). The fraction of sp³-hybridized carbons (Fsp3) is 0.308. The van der Waals surface area contributed by atoms with Crippen molar-refractivity contribution in [2.75, 3.05) is 0 Å². The summed E-state index contributed by atoms with van der Waals surface area (Å²) < 4.78 is 0. The van der Waals surface area contributed by atoms with Crippen LogP contribution in [0.3, 0.4) is 0 Å². The standard InChI is InChI=1S/C13H15N2O8/c16-10(17)6-5-8(12(18)19)14-11(13(20)21)7-3-1-2-4-9(7)15(22)23/h1-4,8,11,14-15H,5-6H2,(H,16,17)(H,18,19)(H,20,21)/q-1. The average Bonchev–Trinajstić information content (AvgIpc) is 2.46. The van der Waals surface area contributed by atoms with Crippen molar-refractivity contribution in [3.8, 4) is 0 Å². The molecule has 0 radical (unpaired) electrons. The molecule has 0 heterocycles. The van der Waals surface area contributed by atoms with Crippen LogP contribution < -0.4 is 10.5 Å². The fourth-order valence-corrected chi connectivity index (χ4v) is 1.98. The molecule has 0 spiro atoms. The molecule has 0 aromatic heterocycles. The first-order chi connectivity index (χ1) is 10.7. The summed E-state index contributed by atoms with van der Waals surface area (Å²) in [4.78, 5) is 33.1. The van der Waals surface area contributed by atoms with Crippen LogP contribution in [0.25, 0.3) is 0 Å². The van der Waals surface area contributed by atoms with E-state index < -0.39 is 47.3 Å². The number of carbonyl (C=O) groups is 3. The monoisotopic (exact) mass is 327 g/mol. The van der Waals surface area contributed by atoms with Crippen LogP contribution in [0.5, 0.6) is 0 Å². The molecule has 0 saturated heterocycles. The van der Waals surface area contributed by atoms with Gasteiger partial charge in [0.1, 0.15) is 17.8 Å². The molecule has 0 aliphatic rings. The summed E-state index contributed by atoms with van der Waals surface area (Å²) in [5, 5.41) is 49.7. The summed E-state index contributed by atoms with van der Waals surface area (Å²) in [6, 6.07) is 2.00. The Bertz CT molecular complexity index is 589. The summed E-state index contributed by atoms with van der Waals surface area (Å²) in [7, 11) is 0. The lowest BCUT2D eigenvalue weighted by Crippen LogP contribution is -2.96. The van der Waals surface area contributed by atoms with Gasteiger partial charge in [-0.25, -0.2) is 0 Å². The van der Waals surface area contributed by atoms with Crippen molar-refractivity contribution in [1.82, 2.24) is 5.32 Å². The third-order valence-corrected chi connectivity index (χ3v) is 3.05. The first kappa shape index (κ1) is 18.5. The molecule has 2 atom stereocenters. The van der Waals surface area contributed by atoms with Gasteiger partial charge in [0.2, 0.25) is 0 Å². The van der Waals surface area contributed by atoms with Crippen LogP contribution >= 0.6 is 0 Å². The van der Waals surface area contributed by atoms with Crippen LogP contribution in [0, 0.1) is 10.4 Å². The largest absolute Gasteiger partial charge is 0.628 e. The highest BCUT2D eigenvalue weighted by atomic mass is 16.8. The normalized spacial score (nSPS) is 13.5. The van der Waals surface area contributed by atoms with E-state index in [4.69, 9.17) is 10.2 Å². The number of rotatable bonds is 9. The second kappa shape index (κ2) is 8.19. The maximum atomic E-state index is 11.4. The molecule has 0 aliphatic heterocycles. The highest BCUT2D eigenvalue weighted by Crippen LogP contribution is 2.21. The SMILES string of the molecule is O=C(O)CCC(NC(C(=O)O)c1ccccc1[NH+]([O-])[O-])C(=O)O. The lowest BCUT2D eigenvalue weighted by molar-refractivity contribution is -0.715. The number of benzene rings is 1. The molecule has 2 unspecified atom stereocenters. The number of carboxylic acid groups (broad SMARTS) is 3. The molecule has 0 aliphatic carbocycles. The van der Waals surface area contributed by atoms with Gasteiger partial charge in [-0.2, -0.15) is 0 Å². The van der Waals surface area contributed by atoms with Crippen molar-refractivity contribution in [2.24, 2.45) is 0 Å². The number of hydrogen-bond donors (Lipinski definition) is 5. The van der Waals surface area contributed by atoms with Crippen molar-refractivity contribution >= 4 is 23.6 Å². The van der Waals surface area contributed by atoms with E-state index in [1.54, 1.807) is 0 Å². The van der Waals surface area contributed by atoms with Gasteiger partial charge in [0.05, 0.1) is 0 Å². The third kappa shape index (κ3) is 5.30. The zero-order valence-electron chi connectivity index (χ0n) is 11.8. The Hall–Kier alpha value is -2.53. The van der Waals surface area contributed by atoms with Gasteiger partial charge in [0.15, 0.2) is 0 Å². The zero-order chi connectivity index (χ0) is 17.6. The fourth-order valence-electron chi connectivity index (χ4n) is 1.98. The number of hydrogen-bond acceptors (Lipinski definition) is 6. The lowest BCUT2D eigenvalue weighted by atomic mass is 10.0. The summed E-state index contributed by atoms with van der Waals surface area (Å²) in [6.45, 7) is 0. The second-order valence-corrected chi connectivity index (χ2v) is 4.64. The molecule has 1 aromatic carbocycles. The Labute approximate surface area is 130 Å². The molecule has 0 amide bonds. The molecule has 10 heteroatoms. The summed E-state index contributed by atoms with van der Waals surface area (Å²) in [5.41, 5.74) is -0.573. The van der Waals surface area contributed by atoms with Gasteiger partial charge in [-0.1, -0.05) is 18.2 Å². The summed E-state index contributed by atoms with van der Waals surface area (Å²) in [6.07, 6.45) is -0.847. The van der Waals surface area contributed by atoms with Crippen molar-refractivity contribution in [3.63, 3.8) is 0 Å². The van der Waals surface area contributed by atoms with Crippen LogP contribution in [0.2, 0.25) is 0 Å². The summed E-state index contributed by atoms with van der Waals surface area (Å²) in [5.74, 6) is -4.18. The van der Waals surface area contributed by atoms with Gasteiger partial charge in [-0.3, -0.25) is 19.7 Å². The quantitative estimate of drug-likeness (QED) is 0.365. The van der Waals surface area contributed by atoms with Crippen LogP contribution in [0.15, 0.2) is 24.3 Å². The number of carboxylic acids is 3. The maximum Gasteiger partial charge on any atom is 0.325 e. The van der Waals surface area contributed by atoms with E-state index in [0.29, 0.717) is 0 Å². The number of aliphatic carboxylic acids is 3. The minimum atomic E-state index is -1.64. The predicted molar refractivity (Wildman–Crippen MR) is 75.6 cm³/mol. The van der Waals surface area contributed by atoms with E-state index in [1.807, 2.05) is 0 Å². The van der Waals surface area contributed by atoms with Gasteiger partial charge >= 0.3 is 17.9 Å². The van der Waals surface area contributed by atoms with Gasteiger partial charge in [0.25, 0.3) is 0 Å². The molecular weight excluding hydrogens is 312 g/mol. The molecule has 23 heavy (non-hydrogen) atoms. The van der Waals surface area contributed by atoms with Gasteiger partial charge < -0.3 is 31.0 Å². The first-order valence-electron chi connectivity index (χ1n) is 6.47. The molecule has 1 aromatic rings. The number of nitrogens with one attached hydrogen (secondary N) is 2. The molecule has 126 valence electrons. The molecule has 5 N–H and O–H groups in total.